The third-order valence-corrected chi connectivity index (χ3v) is 4.37. The van der Waals surface area contributed by atoms with Crippen molar-refractivity contribution in [3.63, 3.8) is 0 Å². The summed E-state index contributed by atoms with van der Waals surface area (Å²) in [6.07, 6.45) is -0.223. The van der Waals surface area contributed by atoms with Gasteiger partial charge in [0, 0.05) is 5.92 Å². The standard InChI is InChI=1S/C20H18O7/c1-25-16-8-7-11(9-14(16)21)13(10-17(22)26-2)18-19(23)12-5-3-4-6-15(12)27-20(18)24/h3-9,13,21,23H,10H2,1-2H3/t13-/m1/s1. The molecule has 27 heavy (non-hydrogen) atoms. The van der Waals surface area contributed by atoms with Gasteiger partial charge in [-0.15, -0.1) is 0 Å². The van der Waals surface area contributed by atoms with Gasteiger partial charge < -0.3 is 24.1 Å². The number of fused-ring (bicyclic) bond motifs is 1. The molecule has 0 bridgehead atoms. The summed E-state index contributed by atoms with van der Waals surface area (Å²) in [6.45, 7) is 0. The highest BCUT2D eigenvalue weighted by Gasteiger charge is 2.28. The summed E-state index contributed by atoms with van der Waals surface area (Å²) in [5.41, 5.74) is -0.186. The normalized spacial score (nSPS) is 11.9. The molecule has 3 rings (SSSR count). The molecule has 0 aliphatic heterocycles. The van der Waals surface area contributed by atoms with E-state index in [9.17, 15) is 19.8 Å². The summed E-state index contributed by atoms with van der Waals surface area (Å²) < 4.78 is 15.1. The molecule has 0 aliphatic carbocycles. The van der Waals surface area contributed by atoms with Gasteiger partial charge in [-0.05, 0) is 29.8 Å². The van der Waals surface area contributed by atoms with Gasteiger partial charge in [-0.1, -0.05) is 18.2 Å². The van der Waals surface area contributed by atoms with Crippen LogP contribution in [0.5, 0.6) is 17.2 Å². The Balaban J connectivity index is 2.22. The van der Waals surface area contributed by atoms with Crippen LogP contribution in [0.2, 0.25) is 0 Å². The van der Waals surface area contributed by atoms with Crippen LogP contribution in [0.4, 0.5) is 0 Å². The molecule has 140 valence electrons. The van der Waals surface area contributed by atoms with Crippen molar-refractivity contribution in [3.05, 3.63) is 64.0 Å². The van der Waals surface area contributed by atoms with Crippen LogP contribution in [-0.2, 0) is 9.53 Å². The second-order valence-corrected chi connectivity index (χ2v) is 5.91. The molecule has 2 N–H and O–H groups in total. The maximum Gasteiger partial charge on any atom is 0.343 e. The Labute approximate surface area is 154 Å². The zero-order valence-corrected chi connectivity index (χ0v) is 14.8. The molecule has 7 nitrogen and oxygen atoms in total. The Bertz CT molecular complexity index is 1050. The van der Waals surface area contributed by atoms with Crippen LogP contribution in [0.15, 0.2) is 51.7 Å². The molecule has 0 aliphatic rings. The number of esters is 1. The highest BCUT2D eigenvalue weighted by molar-refractivity contribution is 5.84. The molecule has 0 saturated carbocycles. The summed E-state index contributed by atoms with van der Waals surface area (Å²) in [5, 5.41) is 21.1. The molecule has 2 aromatic carbocycles. The number of carbonyl (C=O) groups is 1. The number of aromatic hydroxyl groups is 2. The second-order valence-electron chi connectivity index (χ2n) is 5.91. The molecule has 0 fully saturated rings. The number of ether oxygens (including phenoxy) is 2. The minimum absolute atomic E-state index is 0.0799. The number of rotatable bonds is 5. The average molecular weight is 370 g/mol. The van der Waals surface area contributed by atoms with Crippen LogP contribution < -0.4 is 10.4 Å². The van der Waals surface area contributed by atoms with Crippen molar-refractivity contribution in [2.24, 2.45) is 0 Å². The van der Waals surface area contributed by atoms with E-state index < -0.39 is 17.5 Å². The highest BCUT2D eigenvalue weighted by atomic mass is 16.5. The van der Waals surface area contributed by atoms with Gasteiger partial charge in [0.2, 0.25) is 0 Å². The molecular formula is C20H18O7. The smallest absolute Gasteiger partial charge is 0.343 e. The third kappa shape index (κ3) is 3.44. The van der Waals surface area contributed by atoms with Crippen LogP contribution in [0.25, 0.3) is 11.0 Å². The predicted molar refractivity (Wildman–Crippen MR) is 97.3 cm³/mol. The van der Waals surface area contributed by atoms with Crippen LogP contribution in [0.1, 0.15) is 23.5 Å². The van der Waals surface area contributed by atoms with Gasteiger partial charge >= 0.3 is 11.6 Å². The number of para-hydroxylation sites is 1. The fourth-order valence-electron chi connectivity index (χ4n) is 3.02. The monoisotopic (exact) mass is 370 g/mol. The molecule has 1 heterocycles. The summed E-state index contributed by atoms with van der Waals surface area (Å²) in [7, 11) is 2.64. The van der Waals surface area contributed by atoms with E-state index in [4.69, 9.17) is 13.9 Å². The fourth-order valence-corrected chi connectivity index (χ4v) is 3.02. The maximum absolute atomic E-state index is 12.6. The second kappa shape index (κ2) is 7.41. The lowest BCUT2D eigenvalue weighted by atomic mass is 9.88. The van der Waals surface area contributed by atoms with Gasteiger partial charge in [0.25, 0.3) is 0 Å². The molecule has 0 unspecified atom stereocenters. The molecule has 3 aromatic rings. The van der Waals surface area contributed by atoms with Crippen molar-refractivity contribution < 1.29 is 28.9 Å². The zero-order chi connectivity index (χ0) is 19.6. The lowest BCUT2D eigenvalue weighted by Gasteiger charge is -2.18. The third-order valence-electron chi connectivity index (χ3n) is 4.37. The summed E-state index contributed by atoms with van der Waals surface area (Å²) >= 11 is 0. The van der Waals surface area contributed by atoms with E-state index in [1.165, 1.54) is 26.4 Å². The van der Waals surface area contributed by atoms with E-state index in [-0.39, 0.29) is 34.8 Å². The largest absolute Gasteiger partial charge is 0.507 e. The first kappa shape index (κ1) is 18.3. The van der Waals surface area contributed by atoms with E-state index in [1.807, 2.05) is 0 Å². The van der Waals surface area contributed by atoms with Gasteiger partial charge in [0.05, 0.1) is 31.6 Å². The van der Waals surface area contributed by atoms with Crippen LogP contribution in [0, 0.1) is 0 Å². The Morgan fingerprint density at radius 1 is 1.15 bits per heavy atom. The fraction of sp³-hybridized carbons (Fsp3) is 0.200. The SMILES string of the molecule is COC(=O)C[C@H](c1ccc(OC)c(O)c1)c1c(O)c2ccccc2oc1=O. The first-order chi connectivity index (χ1) is 13.0. The van der Waals surface area contributed by atoms with E-state index in [2.05, 4.69) is 0 Å². The van der Waals surface area contributed by atoms with Crippen LogP contribution in [0.3, 0.4) is 0 Å². The topological polar surface area (TPSA) is 106 Å². The summed E-state index contributed by atoms with van der Waals surface area (Å²) in [5.74, 6) is -1.65. The van der Waals surface area contributed by atoms with Gasteiger partial charge in [-0.25, -0.2) is 4.79 Å². The molecule has 1 atom stereocenters. The summed E-state index contributed by atoms with van der Waals surface area (Å²) in [4.78, 5) is 24.5. The number of carbonyl (C=O) groups excluding carboxylic acids is 1. The minimum Gasteiger partial charge on any atom is -0.507 e. The number of hydrogen-bond acceptors (Lipinski definition) is 7. The van der Waals surface area contributed by atoms with Crippen LogP contribution >= 0.6 is 0 Å². The van der Waals surface area contributed by atoms with Crippen molar-refractivity contribution in [2.75, 3.05) is 14.2 Å². The summed E-state index contributed by atoms with van der Waals surface area (Å²) in [6, 6.07) is 11.0. The lowest BCUT2D eigenvalue weighted by molar-refractivity contribution is -0.140. The van der Waals surface area contributed by atoms with Crippen molar-refractivity contribution in [2.45, 2.75) is 12.3 Å². The minimum atomic E-state index is -0.880. The van der Waals surface area contributed by atoms with E-state index >= 15 is 0 Å². The first-order valence-corrected chi connectivity index (χ1v) is 8.14. The lowest BCUT2D eigenvalue weighted by Crippen LogP contribution is -2.18. The molecule has 0 saturated heterocycles. The van der Waals surface area contributed by atoms with Crippen molar-refractivity contribution in [1.82, 2.24) is 0 Å². The Morgan fingerprint density at radius 2 is 1.89 bits per heavy atom. The van der Waals surface area contributed by atoms with E-state index in [0.717, 1.165) is 0 Å². The van der Waals surface area contributed by atoms with Crippen molar-refractivity contribution >= 4 is 16.9 Å². The molecule has 1 aromatic heterocycles. The molecule has 0 spiro atoms. The first-order valence-electron chi connectivity index (χ1n) is 8.14. The van der Waals surface area contributed by atoms with E-state index in [0.29, 0.717) is 10.9 Å². The van der Waals surface area contributed by atoms with Gasteiger partial charge in [-0.2, -0.15) is 0 Å². The van der Waals surface area contributed by atoms with E-state index in [1.54, 1.807) is 30.3 Å². The van der Waals surface area contributed by atoms with Crippen LogP contribution in [-0.4, -0.2) is 30.4 Å². The molecule has 0 radical (unpaired) electrons. The molecular weight excluding hydrogens is 352 g/mol. The number of benzene rings is 2. The number of hydrogen-bond donors (Lipinski definition) is 2. The maximum atomic E-state index is 12.6. The predicted octanol–water partition coefficient (Wildman–Crippen LogP) is 2.91. The van der Waals surface area contributed by atoms with Crippen molar-refractivity contribution in [3.8, 4) is 17.2 Å². The Morgan fingerprint density at radius 3 is 2.56 bits per heavy atom. The zero-order valence-electron chi connectivity index (χ0n) is 14.8. The Hall–Kier alpha value is -3.48. The average Bonchev–Trinajstić information content (AvgIpc) is 2.67. The van der Waals surface area contributed by atoms with Gasteiger partial charge in [-0.3, -0.25) is 4.79 Å². The molecule has 0 amide bonds. The van der Waals surface area contributed by atoms with Crippen molar-refractivity contribution in [1.29, 1.82) is 0 Å². The molecule has 7 heteroatoms. The number of methoxy groups -OCH3 is 2. The highest BCUT2D eigenvalue weighted by Crippen LogP contribution is 2.38. The van der Waals surface area contributed by atoms with Gasteiger partial charge in [0.1, 0.15) is 11.3 Å². The number of phenolic OH excluding ortho intramolecular Hbond substituents is 1. The van der Waals surface area contributed by atoms with Gasteiger partial charge in [0.15, 0.2) is 11.5 Å². The number of phenols is 1. The quantitative estimate of drug-likeness (QED) is 0.525. The Kier molecular flexibility index (Phi) is 5.03.